The lowest BCUT2D eigenvalue weighted by molar-refractivity contribution is 1.06. The molecule has 96 valence electrons. The van der Waals surface area contributed by atoms with E-state index in [1.807, 2.05) is 42.5 Å². The molecule has 0 N–H and O–H groups in total. The molecule has 1 heterocycles. The maximum absolute atomic E-state index is 4.16. The molecule has 2 aromatic carbocycles. The predicted molar refractivity (Wildman–Crippen MR) is 79.8 cm³/mol. The molecule has 0 aliphatic carbocycles. The van der Waals surface area contributed by atoms with E-state index < -0.39 is 0 Å². The maximum atomic E-state index is 4.16. The number of benzene rings is 2. The Kier molecular flexibility index (Phi) is 3.33. The lowest BCUT2D eigenvalue weighted by Gasteiger charge is -2.07. The first-order chi connectivity index (χ1) is 9.84. The molecule has 0 radical (unpaired) electrons. The van der Waals surface area contributed by atoms with Gasteiger partial charge < -0.3 is 0 Å². The lowest BCUT2D eigenvalue weighted by atomic mass is 9.98. The van der Waals surface area contributed by atoms with E-state index in [-0.39, 0.29) is 0 Å². The van der Waals surface area contributed by atoms with Crippen LogP contribution in [0.1, 0.15) is 11.1 Å². The molecule has 1 aromatic heterocycles. The molecule has 0 saturated carbocycles. The average Bonchev–Trinajstić information content (AvgIpc) is 2.56. The topological polar surface area (TPSA) is 38.7 Å². The highest BCUT2D eigenvalue weighted by Crippen LogP contribution is 2.23. The highest BCUT2D eigenvalue weighted by Gasteiger charge is 2.04. The summed E-state index contributed by atoms with van der Waals surface area (Å²) in [7, 11) is 0. The number of nitrogens with zero attached hydrogens (tertiary/aromatic N) is 3. The van der Waals surface area contributed by atoms with Gasteiger partial charge in [-0.3, -0.25) is 0 Å². The maximum Gasteiger partial charge on any atom is 0.162 e. The molecule has 0 aliphatic rings. The van der Waals surface area contributed by atoms with Gasteiger partial charge in [0.1, 0.15) is 12.7 Å². The Balaban J connectivity index is 1.89. The van der Waals surface area contributed by atoms with E-state index in [0.29, 0.717) is 5.82 Å². The van der Waals surface area contributed by atoms with E-state index in [2.05, 4.69) is 33.7 Å². The van der Waals surface area contributed by atoms with Crippen LogP contribution in [-0.4, -0.2) is 15.0 Å². The van der Waals surface area contributed by atoms with Crippen LogP contribution in [0.25, 0.3) is 17.0 Å². The smallest absolute Gasteiger partial charge is 0.162 e. The van der Waals surface area contributed by atoms with Crippen molar-refractivity contribution < 1.29 is 0 Å². The van der Waals surface area contributed by atoms with Crippen LogP contribution in [0.4, 0.5) is 0 Å². The summed E-state index contributed by atoms with van der Waals surface area (Å²) in [5.74, 6) is 0.678. The van der Waals surface area contributed by atoms with E-state index in [0.717, 1.165) is 22.3 Å². The van der Waals surface area contributed by atoms with Gasteiger partial charge in [0.25, 0.3) is 0 Å². The van der Waals surface area contributed by atoms with Crippen LogP contribution in [-0.2, 0) is 0 Å². The number of aromatic nitrogens is 3. The van der Waals surface area contributed by atoms with E-state index in [9.17, 15) is 0 Å². The Morgan fingerprint density at radius 1 is 0.750 bits per heavy atom. The minimum absolute atomic E-state index is 0.678. The van der Waals surface area contributed by atoms with Gasteiger partial charge in [0.15, 0.2) is 5.82 Å². The van der Waals surface area contributed by atoms with Crippen LogP contribution >= 0.6 is 0 Å². The van der Waals surface area contributed by atoms with Gasteiger partial charge >= 0.3 is 0 Å². The van der Waals surface area contributed by atoms with E-state index in [4.69, 9.17) is 0 Å². The second-order valence-corrected chi connectivity index (χ2v) is 4.38. The monoisotopic (exact) mass is 259 g/mol. The van der Waals surface area contributed by atoms with Gasteiger partial charge in [0.05, 0.1) is 0 Å². The third kappa shape index (κ3) is 2.47. The van der Waals surface area contributed by atoms with Gasteiger partial charge in [0.2, 0.25) is 0 Å². The summed E-state index contributed by atoms with van der Waals surface area (Å²) in [4.78, 5) is 12.1. The number of hydrogen-bond donors (Lipinski definition) is 0. The fraction of sp³-hybridized carbons (Fsp3) is 0. The van der Waals surface area contributed by atoms with Crippen molar-refractivity contribution in [2.24, 2.45) is 0 Å². The first kappa shape index (κ1) is 12.2. The average molecular weight is 259 g/mol. The zero-order valence-corrected chi connectivity index (χ0v) is 10.9. The molecule has 0 amide bonds. The molecule has 3 rings (SSSR count). The molecule has 0 fully saturated rings. The normalized spacial score (nSPS) is 10.2. The van der Waals surface area contributed by atoms with Gasteiger partial charge in [-0.15, -0.1) is 0 Å². The Hall–Kier alpha value is -2.81. The zero-order valence-electron chi connectivity index (χ0n) is 10.9. The minimum atomic E-state index is 0.678. The first-order valence-electron chi connectivity index (χ1n) is 6.32. The SMILES string of the molecule is C=C(c1ccccc1)c1ccc(-c2ncncn2)cc1. The molecular formula is C17H13N3. The molecular weight excluding hydrogens is 246 g/mol. The summed E-state index contributed by atoms with van der Waals surface area (Å²) >= 11 is 0. The molecule has 0 unspecified atom stereocenters. The van der Waals surface area contributed by atoms with Crippen molar-refractivity contribution >= 4 is 5.57 Å². The van der Waals surface area contributed by atoms with Crippen LogP contribution in [0.3, 0.4) is 0 Å². The van der Waals surface area contributed by atoms with Gasteiger partial charge in [-0.2, -0.15) is 0 Å². The van der Waals surface area contributed by atoms with Crippen molar-refractivity contribution in [1.82, 2.24) is 15.0 Å². The molecule has 3 heteroatoms. The van der Waals surface area contributed by atoms with E-state index in [1.165, 1.54) is 12.7 Å². The second-order valence-electron chi connectivity index (χ2n) is 4.38. The highest BCUT2D eigenvalue weighted by atomic mass is 15.0. The van der Waals surface area contributed by atoms with Crippen LogP contribution in [0.5, 0.6) is 0 Å². The minimum Gasteiger partial charge on any atom is -0.225 e. The van der Waals surface area contributed by atoms with Gasteiger partial charge in [0, 0.05) is 5.56 Å². The third-order valence-electron chi connectivity index (χ3n) is 3.11. The Morgan fingerprint density at radius 3 is 2.00 bits per heavy atom. The van der Waals surface area contributed by atoms with Crippen LogP contribution in [0.2, 0.25) is 0 Å². The molecule has 3 nitrogen and oxygen atoms in total. The summed E-state index contributed by atoms with van der Waals surface area (Å²) in [6, 6.07) is 18.2. The quantitative estimate of drug-likeness (QED) is 0.721. The third-order valence-corrected chi connectivity index (χ3v) is 3.11. The predicted octanol–water partition coefficient (Wildman–Crippen LogP) is 3.60. The van der Waals surface area contributed by atoms with Crippen molar-refractivity contribution in [3.8, 4) is 11.4 Å². The van der Waals surface area contributed by atoms with Crippen molar-refractivity contribution in [2.75, 3.05) is 0 Å². The fourth-order valence-electron chi connectivity index (χ4n) is 2.01. The fourth-order valence-corrected chi connectivity index (χ4v) is 2.01. The summed E-state index contributed by atoms with van der Waals surface area (Å²) in [5, 5.41) is 0. The van der Waals surface area contributed by atoms with Crippen molar-refractivity contribution in [2.45, 2.75) is 0 Å². The summed E-state index contributed by atoms with van der Waals surface area (Å²) in [6.07, 6.45) is 3.00. The lowest BCUT2D eigenvalue weighted by Crippen LogP contribution is -1.90. The highest BCUT2D eigenvalue weighted by molar-refractivity contribution is 5.78. The van der Waals surface area contributed by atoms with Gasteiger partial charge in [-0.25, -0.2) is 15.0 Å². The van der Waals surface area contributed by atoms with Crippen LogP contribution < -0.4 is 0 Å². The van der Waals surface area contributed by atoms with Crippen molar-refractivity contribution in [3.05, 3.63) is 85.0 Å². The van der Waals surface area contributed by atoms with Crippen molar-refractivity contribution in [3.63, 3.8) is 0 Å². The molecule has 0 bridgehead atoms. The van der Waals surface area contributed by atoms with Crippen LogP contribution in [0.15, 0.2) is 73.8 Å². The number of rotatable bonds is 3. The van der Waals surface area contributed by atoms with Crippen molar-refractivity contribution in [1.29, 1.82) is 0 Å². The van der Waals surface area contributed by atoms with Crippen LogP contribution in [0, 0.1) is 0 Å². The van der Waals surface area contributed by atoms with E-state index in [1.54, 1.807) is 0 Å². The number of hydrogen-bond acceptors (Lipinski definition) is 3. The standard InChI is InChI=1S/C17H13N3/c1-13(14-5-3-2-4-6-14)15-7-9-16(10-8-15)17-19-11-18-12-20-17/h2-12H,1H2. The first-order valence-corrected chi connectivity index (χ1v) is 6.32. The Labute approximate surface area is 117 Å². The molecule has 0 aliphatic heterocycles. The molecule has 0 spiro atoms. The molecule has 20 heavy (non-hydrogen) atoms. The summed E-state index contributed by atoms with van der Waals surface area (Å²) in [5.41, 5.74) is 4.19. The zero-order chi connectivity index (χ0) is 13.8. The summed E-state index contributed by atoms with van der Waals surface area (Å²) < 4.78 is 0. The second kappa shape index (κ2) is 5.45. The Morgan fingerprint density at radius 2 is 1.35 bits per heavy atom. The van der Waals surface area contributed by atoms with E-state index >= 15 is 0 Å². The molecule has 0 atom stereocenters. The molecule has 0 saturated heterocycles. The largest absolute Gasteiger partial charge is 0.225 e. The Bertz CT molecular complexity index is 704. The van der Waals surface area contributed by atoms with Gasteiger partial charge in [-0.05, 0) is 16.7 Å². The summed E-state index contributed by atoms with van der Waals surface area (Å²) in [6.45, 7) is 4.16. The molecule has 3 aromatic rings. The van der Waals surface area contributed by atoms with Gasteiger partial charge in [-0.1, -0.05) is 61.2 Å².